The summed E-state index contributed by atoms with van der Waals surface area (Å²) >= 11 is 6.07. The van der Waals surface area contributed by atoms with Crippen molar-refractivity contribution in [2.24, 2.45) is 0 Å². The third kappa shape index (κ3) is 4.86. The molecule has 0 spiro atoms. The van der Waals surface area contributed by atoms with Gasteiger partial charge in [0, 0.05) is 73.3 Å². The van der Waals surface area contributed by atoms with E-state index >= 15 is 0 Å². The number of piperazine rings is 1. The molecule has 1 fully saturated rings. The largest absolute Gasteiger partial charge is 0.383 e. The van der Waals surface area contributed by atoms with Crippen LogP contribution >= 0.6 is 11.6 Å². The first-order chi connectivity index (χ1) is 14.1. The normalized spacial score (nSPS) is 14.9. The number of nitrogens with one attached hydrogen (secondary N) is 2. The number of halogens is 1. The average Bonchev–Trinajstić information content (AvgIpc) is 2.71. The van der Waals surface area contributed by atoms with Crippen LogP contribution in [-0.4, -0.2) is 66.2 Å². The quantitative estimate of drug-likeness (QED) is 0.603. The molecule has 29 heavy (non-hydrogen) atoms. The number of aromatic nitrogens is 3. The van der Waals surface area contributed by atoms with Crippen molar-refractivity contribution in [3.63, 3.8) is 0 Å². The van der Waals surface area contributed by atoms with Crippen molar-refractivity contribution in [2.45, 2.75) is 6.92 Å². The highest BCUT2D eigenvalue weighted by molar-refractivity contribution is 6.31. The molecule has 2 aromatic heterocycles. The zero-order valence-electron chi connectivity index (χ0n) is 16.8. The molecule has 4 rings (SSSR count). The Kier molecular flexibility index (Phi) is 5.97. The smallest absolute Gasteiger partial charge is 0.227 e. The van der Waals surface area contributed by atoms with Gasteiger partial charge in [-0.3, -0.25) is 4.98 Å². The fourth-order valence-electron chi connectivity index (χ4n) is 3.45. The molecular formula is C21H26ClN7. The van der Waals surface area contributed by atoms with Gasteiger partial charge >= 0.3 is 0 Å². The van der Waals surface area contributed by atoms with Gasteiger partial charge in [-0.2, -0.15) is 4.98 Å². The molecule has 0 atom stereocenters. The molecule has 1 aromatic carbocycles. The summed E-state index contributed by atoms with van der Waals surface area (Å²) in [6, 6.07) is 9.74. The second-order valence-electron chi connectivity index (χ2n) is 7.36. The van der Waals surface area contributed by atoms with Gasteiger partial charge in [-0.25, -0.2) is 4.98 Å². The molecule has 1 aliphatic heterocycles. The zero-order valence-corrected chi connectivity index (χ0v) is 17.6. The first-order valence-corrected chi connectivity index (χ1v) is 10.3. The standard InChI is InChI=1S/C21H26ClN7/c1-15-13-20(27-21(26-15)29-11-9-28(2)10-12-29)25-8-7-24-18-5-6-23-19-14-16(22)3-4-17(18)19/h3-6,13-14H,7-12H2,1-2H3,(H,23,24)(H,25,26,27). The van der Waals surface area contributed by atoms with Crippen LogP contribution in [0.1, 0.15) is 5.69 Å². The van der Waals surface area contributed by atoms with Gasteiger partial charge < -0.3 is 20.4 Å². The summed E-state index contributed by atoms with van der Waals surface area (Å²) < 4.78 is 0. The first-order valence-electron chi connectivity index (χ1n) is 9.90. The van der Waals surface area contributed by atoms with Crippen LogP contribution in [0.3, 0.4) is 0 Å². The molecular weight excluding hydrogens is 386 g/mol. The van der Waals surface area contributed by atoms with E-state index in [-0.39, 0.29) is 0 Å². The zero-order chi connectivity index (χ0) is 20.2. The average molecular weight is 412 g/mol. The lowest BCUT2D eigenvalue weighted by molar-refractivity contribution is 0.311. The summed E-state index contributed by atoms with van der Waals surface area (Å²) in [5, 5.41) is 8.64. The van der Waals surface area contributed by atoms with Crippen molar-refractivity contribution in [1.29, 1.82) is 0 Å². The summed E-state index contributed by atoms with van der Waals surface area (Å²) in [6.45, 7) is 7.51. The Hall–Kier alpha value is -2.64. The number of nitrogens with zero attached hydrogens (tertiary/aromatic N) is 5. The highest BCUT2D eigenvalue weighted by Gasteiger charge is 2.17. The van der Waals surface area contributed by atoms with E-state index in [4.69, 9.17) is 16.6 Å². The summed E-state index contributed by atoms with van der Waals surface area (Å²) in [6.07, 6.45) is 1.80. The molecule has 0 amide bonds. The van der Waals surface area contributed by atoms with Crippen LogP contribution in [0.25, 0.3) is 10.9 Å². The molecule has 3 aromatic rings. The first kappa shape index (κ1) is 19.7. The monoisotopic (exact) mass is 411 g/mol. The Morgan fingerprint density at radius 3 is 2.62 bits per heavy atom. The van der Waals surface area contributed by atoms with Gasteiger partial charge in [-0.15, -0.1) is 0 Å². The number of hydrogen-bond donors (Lipinski definition) is 2. The highest BCUT2D eigenvalue weighted by atomic mass is 35.5. The number of likely N-dealkylation sites (N-methyl/N-ethyl adjacent to an activating group) is 1. The van der Waals surface area contributed by atoms with Crippen molar-refractivity contribution in [3.05, 3.63) is 47.2 Å². The predicted octanol–water partition coefficient (Wildman–Crippen LogP) is 3.26. The van der Waals surface area contributed by atoms with Gasteiger partial charge in [0.1, 0.15) is 5.82 Å². The van der Waals surface area contributed by atoms with Gasteiger partial charge in [-0.05, 0) is 38.2 Å². The van der Waals surface area contributed by atoms with Crippen LogP contribution in [0, 0.1) is 6.92 Å². The summed E-state index contributed by atoms with van der Waals surface area (Å²) in [5.41, 5.74) is 2.91. The van der Waals surface area contributed by atoms with E-state index in [1.54, 1.807) is 6.20 Å². The van der Waals surface area contributed by atoms with Gasteiger partial charge in [0.25, 0.3) is 0 Å². The van der Waals surface area contributed by atoms with Crippen LogP contribution in [-0.2, 0) is 0 Å². The molecule has 0 radical (unpaired) electrons. The summed E-state index contributed by atoms with van der Waals surface area (Å²) in [7, 11) is 2.15. The van der Waals surface area contributed by atoms with Crippen LogP contribution in [0.2, 0.25) is 5.02 Å². The third-order valence-corrected chi connectivity index (χ3v) is 5.31. The summed E-state index contributed by atoms with van der Waals surface area (Å²) in [4.78, 5) is 18.3. The Balaban J connectivity index is 1.36. The lowest BCUT2D eigenvalue weighted by Gasteiger charge is -2.32. The second-order valence-corrected chi connectivity index (χ2v) is 7.79. The SMILES string of the molecule is Cc1cc(NCCNc2ccnc3cc(Cl)ccc23)nc(N2CCN(C)CC2)n1. The fraction of sp³-hybridized carbons (Fsp3) is 0.381. The van der Waals surface area contributed by atoms with Gasteiger partial charge in [0.15, 0.2) is 0 Å². The molecule has 0 aliphatic carbocycles. The number of rotatable bonds is 6. The molecule has 2 N–H and O–H groups in total. The van der Waals surface area contributed by atoms with E-state index in [9.17, 15) is 0 Å². The Labute approximate surface area is 176 Å². The Morgan fingerprint density at radius 1 is 1.00 bits per heavy atom. The molecule has 1 aliphatic rings. The van der Waals surface area contributed by atoms with E-state index in [0.29, 0.717) is 5.02 Å². The molecule has 152 valence electrons. The Morgan fingerprint density at radius 2 is 1.79 bits per heavy atom. The topological polar surface area (TPSA) is 69.2 Å². The number of hydrogen-bond acceptors (Lipinski definition) is 7. The van der Waals surface area contributed by atoms with E-state index in [1.807, 2.05) is 37.3 Å². The van der Waals surface area contributed by atoms with Gasteiger partial charge in [-0.1, -0.05) is 11.6 Å². The number of anilines is 3. The third-order valence-electron chi connectivity index (χ3n) is 5.08. The summed E-state index contributed by atoms with van der Waals surface area (Å²) in [5.74, 6) is 1.67. The van der Waals surface area contributed by atoms with Crippen LogP contribution in [0.4, 0.5) is 17.5 Å². The van der Waals surface area contributed by atoms with Crippen LogP contribution < -0.4 is 15.5 Å². The Bertz CT molecular complexity index is 986. The number of aryl methyl sites for hydroxylation is 1. The van der Waals surface area contributed by atoms with Crippen molar-refractivity contribution in [1.82, 2.24) is 19.9 Å². The van der Waals surface area contributed by atoms with Crippen LogP contribution in [0.5, 0.6) is 0 Å². The van der Waals surface area contributed by atoms with Crippen molar-refractivity contribution >= 4 is 40.0 Å². The molecule has 0 unspecified atom stereocenters. The number of fused-ring (bicyclic) bond motifs is 1. The van der Waals surface area contributed by atoms with E-state index in [0.717, 1.165) is 73.3 Å². The molecule has 0 saturated carbocycles. The van der Waals surface area contributed by atoms with E-state index in [1.165, 1.54) is 0 Å². The predicted molar refractivity (Wildman–Crippen MR) is 120 cm³/mol. The number of pyridine rings is 1. The van der Waals surface area contributed by atoms with Crippen molar-refractivity contribution in [2.75, 3.05) is 61.8 Å². The maximum absolute atomic E-state index is 6.07. The van der Waals surface area contributed by atoms with Crippen molar-refractivity contribution < 1.29 is 0 Å². The lowest BCUT2D eigenvalue weighted by atomic mass is 10.2. The fourth-order valence-corrected chi connectivity index (χ4v) is 3.62. The molecule has 3 heterocycles. The van der Waals surface area contributed by atoms with Gasteiger partial charge in [0.05, 0.1) is 5.52 Å². The number of benzene rings is 1. The molecule has 7 nitrogen and oxygen atoms in total. The second kappa shape index (κ2) is 8.80. The molecule has 8 heteroatoms. The molecule has 0 bridgehead atoms. The lowest BCUT2D eigenvalue weighted by Crippen LogP contribution is -2.45. The maximum atomic E-state index is 6.07. The van der Waals surface area contributed by atoms with Crippen LogP contribution in [0.15, 0.2) is 36.5 Å². The van der Waals surface area contributed by atoms with Gasteiger partial charge in [0.2, 0.25) is 5.95 Å². The van der Waals surface area contributed by atoms with Crippen molar-refractivity contribution in [3.8, 4) is 0 Å². The minimum absolute atomic E-state index is 0.694. The molecule has 1 saturated heterocycles. The van der Waals surface area contributed by atoms with E-state index < -0.39 is 0 Å². The minimum Gasteiger partial charge on any atom is -0.383 e. The minimum atomic E-state index is 0.694. The maximum Gasteiger partial charge on any atom is 0.227 e. The highest BCUT2D eigenvalue weighted by Crippen LogP contribution is 2.24. The van der Waals surface area contributed by atoms with E-state index in [2.05, 4.69) is 37.4 Å².